The first-order chi connectivity index (χ1) is 21.8. The number of aryl methyl sites for hydroxylation is 4. The molecular weight excluding hydrogens is 690 g/mol. The van der Waals surface area contributed by atoms with Gasteiger partial charge in [0, 0.05) is 52.4 Å². The molecule has 2 aliphatic heterocycles. The van der Waals surface area contributed by atoms with E-state index in [0.717, 1.165) is 52.4 Å². The Morgan fingerprint density at radius 2 is 0.600 bits per heavy atom. The molecule has 4 aromatic carbocycles. The Balaban J connectivity index is 0.000000189. The van der Waals surface area contributed by atoms with E-state index in [4.69, 9.17) is 19.1 Å². The summed E-state index contributed by atoms with van der Waals surface area (Å²) in [6, 6.07) is 35.1. The number of hydrogen-bond acceptors (Lipinski definition) is 4. The average Bonchev–Trinajstić information content (AvgIpc) is 3.67. The van der Waals surface area contributed by atoms with E-state index < -0.39 is 0 Å². The zero-order chi connectivity index (χ0) is 32.0. The van der Waals surface area contributed by atoms with E-state index in [-0.39, 0.29) is 15.9 Å². The Labute approximate surface area is 288 Å². The predicted octanol–water partition coefficient (Wildman–Crippen LogP) is 8.61. The molecule has 0 saturated carbocycles. The van der Waals surface area contributed by atoms with Gasteiger partial charge in [-0.25, -0.2) is 0 Å². The standard InChI is InChI=1S/2C19H22N2.2ClH.Pd/c2*1-16-3-7-18(8-4-16)13-20-11-12-21(15-20)14-19-9-5-17(2)6-10-19;;;/h2*3-10H,11-14H2,1-2H3;2*1H;/q;;;;+2/p-2. The average molecular weight is 734 g/mol. The fourth-order valence-electron chi connectivity index (χ4n) is 5.20. The van der Waals surface area contributed by atoms with Gasteiger partial charge in [0.2, 0.25) is 0 Å². The van der Waals surface area contributed by atoms with Gasteiger partial charge in [-0.1, -0.05) is 119 Å². The number of halogens is 2. The Morgan fingerprint density at radius 3 is 0.778 bits per heavy atom. The van der Waals surface area contributed by atoms with Crippen molar-refractivity contribution in [3.63, 3.8) is 0 Å². The first kappa shape index (κ1) is 35.8. The van der Waals surface area contributed by atoms with Crippen LogP contribution in [-0.2, 0) is 42.1 Å². The quantitative estimate of drug-likeness (QED) is 0.168. The van der Waals surface area contributed by atoms with Crippen molar-refractivity contribution in [2.24, 2.45) is 0 Å². The van der Waals surface area contributed by atoms with Gasteiger partial charge < -0.3 is 0 Å². The van der Waals surface area contributed by atoms with E-state index in [0.29, 0.717) is 0 Å². The molecular formula is C38H44Cl2N4Pd. The van der Waals surface area contributed by atoms with E-state index in [1.54, 1.807) is 0 Å². The van der Waals surface area contributed by atoms with Crippen molar-refractivity contribution in [1.29, 1.82) is 0 Å². The molecule has 2 fully saturated rings. The maximum atomic E-state index is 4.81. The van der Waals surface area contributed by atoms with Crippen LogP contribution in [0.2, 0.25) is 0 Å². The minimum atomic E-state index is -0.106. The van der Waals surface area contributed by atoms with E-state index >= 15 is 0 Å². The number of hydrogen-bond donors (Lipinski definition) is 0. The van der Waals surface area contributed by atoms with Gasteiger partial charge in [-0.3, -0.25) is 19.6 Å². The summed E-state index contributed by atoms with van der Waals surface area (Å²) in [4.78, 5) is 9.11. The van der Waals surface area contributed by atoms with Crippen molar-refractivity contribution in [1.82, 2.24) is 19.6 Å². The first-order valence-corrected chi connectivity index (χ1v) is 19.4. The van der Waals surface area contributed by atoms with Crippen LogP contribution in [0.3, 0.4) is 0 Å². The summed E-state index contributed by atoms with van der Waals surface area (Å²) in [7, 11) is 9.63. The zero-order valence-corrected chi connectivity index (χ0v) is 29.8. The molecule has 2 saturated heterocycles. The Bertz CT molecular complexity index is 1180. The Kier molecular flexibility index (Phi) is 15.1. The summed E-state index contributed by atoms with van der Waals surface area (Å²) >= 11 is -0.106. The van der Waals surface area contributed by atoms with E-state index in [1.807, 2.05) is 0 Å². The molecule has 0 atom stereocenters. The van der Waals surface area contributed by atoms with Gasteiger partial charge in [0.15, 0.2) is 0 Å². The molecule has 7 heteroatoms. The second-order valence-electron chi connectivity index (χ2n) is 11.9. The van der Waals surface area contributed by atoms with E-state index in [1.165, 1.54) is 44.5 Å². The van der Waals surface area contributed by atoms with Gasteiger partial charge in [-0.05, 0) is 49.9 Å². The fraction of sp³-hybridized carbons (Fsp3) is 0.316. The fourth-order valence-corrected chi connectivity index (χ4v) is 5.20. The van der Waals surface area contributed by atoms with Crippen molar-refractivity contribution in [2.75, 3.05) is 26.2 Å². The third-order valence-electron chi connectivity index (χ3n) is 7.82. The monoisotopic (exact) mass is 732 g/mol. The zero-order valence-electron chi connectivity index (χ0n) is 26.8. The van der Waals surface area contributed by atoms with Gasteiger partial charge in [0.05, 0.1) is 0 Å². The van der Waals surface area contributed by atoms with Crippen LogP contribution in [0.25, 0.3) is 0 Å². The molecule has 0 aromatic heterocycles. The molecule has 4 aromatic rings. The van der Waals surface area contributed by atoms with Crippen LogP contribution in [0.15, 0.2) is 97.1 Å². The number of nitrogens with zero attached hydrogens (tertiary/aromatic N) is 4. The van der Waals surface area contributed by atoms with Gasteiger partial charge >= 0.3 is 35.0 Å². The molecule has 6 rings (SSSR count). The predicted molar refractivity (Wildman–Crippen MR) is 185 cm³/mol. The SMILES string of the molecule is Cc1ccc(CN2[C]N(Cc3ccc(C)cc3)CC2)cc1.Cc1ccc(CN2[C]N(Cc3ccc(C)cc3)CC2)cc1.[Cl][Pd][Cl]. The summed E-state index contributed by atoms with van der Waals surface area (Å²) in [5.74, 6) is 0. The van der Waals surface area contributed by atoms with Gasteiger partial charge in [-0.2, -0.15) is 0 Å². The molecule has 0 bridgehead atoms. The van der Waals surface area contributed by atoms with Crippen LogP contribution >= 0.6 is 19.1 Å². The third kappa shape index (κ3) is 12.9. The summed E-state index contributed by atoms with van der Waals surface area (Å²) in [6.45, 7) is 23.5. The van der Waals surface area contributed by atoms with E-state index in [2.05, 4.69) is 158 Å². The second-order valence-corrected chi connectivity index (χ2v) is 14.2. The summed E-state index contributed by atoms with van der Waals surface area (Å²) in [5, 5.41) is 0. The van der Waals surface area contributed by atoms with Crippen LogP contribution in [-0.4, -0.2) is 45.8 Å². The number of rotatable bonds is 8. The minimum absolute atomic E-state index is 0.106. The molecule has 4 radical (unpaired) electrons. The number of benzene rings is 4. The first-order valence-electron chi connectivity index (χ1n) is 15.4. The van der Waals surface area contributed by atoms with Crippen LogP contribution in [0.5, 0.6) is 0 Å². The van der Waals surface area contributed by atoms with Gasteiger partial charge in [-0.15, -0.1) is 0 Å². The normalized spacial score (nSPS) is 15.9. The molecule has 0 amide bonds. The second kappa shape index (κ2) is 18.9. The van der Waals surface area contributed by atoms with Crippen molar-refractivity contribution in [3.05, 3.63) is 155 Å². The molecule has 240 valence electrons. The third-order valence-corrected chi connectivity index (χ3v) is 7.82. The van der Waals surface area contributed by atoms with E-state index in [9.17, 15) is 0 Å². The summed E-state index contributed by atoms with van der Waals surface area (Å²) in [6.07, 6.45) is 0. The maximum absolute atomic E-state index is 4.81. The molecule has 0 unspecified atom stereocenters. The Morgan fingerprint density at radius 1 is 0.422 bits per heavy atom. The molecule has 0 N–H and O–H groups in total. The Hall–Kier alpha value is -2.04. The van der Waals surface area contributed by atoms with Crippen LogP contribution in [0.1, 0.15) is 44.5 Å². The topological polar surface area (TPSA) is 13.0 Å². The van der Waals surface area contributed by atoms with Crippen molar-refractivity contribution < 1.29 is 15.9 Å². The van der Waals surface area contributed by atoms with Crippen molar-refractivity contribution in [2.45, 2.75) is 53.9 Å². The molecule has 2 heterocycles. The van der Waals surface area contributed by atoms with Gasteiger partial charge in [0.25, 0.3) is 0 Å². The van der Waals surface area contributed by atoms with Gasteiger partial charge in [0.1, 0.15) is 13.3 Å². The molecule has 0 aliphatic carbocycles. The van der Waals surface area contributed by atoms with Crippen molar-refractivity contribution in [3.8, 4) is 0 Å². The summed E-state index contributed by atoms with van der Waals surface area (Å²) < 4.78 is 0. The van der Waals surface area contributed by atoms with Crippen LogP contribution in [0, 0.1) is 41.0 Å². The molecule has 0 spiro atoms. The molecule has 2 aliphatic rings. The van der Waals surface area contributed by atoms with Crippen molar-refractivity contribution >= 4 is 19.1 Å². The van der Waals surface area contributed by atoms with Crippen LogP contribution < -0.4 is 0 Å². The van der Waals surface area contributed by atoms with Crippen LogP contribution in [0.4, 0.5) is 0 Å². The molecule has 4 nitrogen and oxygen atoms in total. The molecule has 45 heavy (non-hydrogen) atoms. The summed E-state index contributed by atoms with van der Waals surface area (Å²) in [5.41, 5.74) is 10.7.